The molecule has 1 atom stereocenters. The largest absolute Gasteiger partial charge is 0.0885 e. The zero-order valence-corrected chi connectivity index (χ0v) is 7.06. The van der Waals surface area contributed by atoms with Gasteiger partial charge in [0.15, 0.2) is 0 Å². The van der Waals surface area contributed by atoms with Gasteiger partial charge in [0, 0.05) is 0 Å². The van der Waals surface area contributed by atoms with Gasteiger partial charge in [0.25, 0.3) is 0 Å². The summed E-state index contributed by atoms with van der Waals surface area (Å²) < 4.78 is 0. The first-order valence-corrected chi connectivity index (χ1v) is 4.32. The smallest absolute Gasteiger partial charge is 0.0241 e. The van der Waals surface area contributed by atoms with Crippen molar-refractivity contribution >= 4 is 0 Å². The van der Waals surface area contributed by atoms with Crippen molar-refractivity contribution in [2.24, 2.45) is 5.92 Å². The van der Waals surface area contributed by atoms with Gasteiger partial charge in [-0.05, 0) is 37.5 Å². The molecule has 0 spiro atoms. The Morgan fingerprint density at radius 3 is 2.80 bits per heavy atom. The molecular weight excluding hydrogens is 120 g/mol. The molecule has 0 heterocycles. The van der Waals surface area contributed by atoms with Crippen LogP contribution in [0.2, 0.25) is 0 Å². The number of allylic oxidation sites excluding steroid dienone is 2. The Hall–Kier alpha value is -0.260. The van der Waals surface area contributed by atoms with E-state index in [1.807, 2.05) is 0 Å². The van der Waals surface area contributed by atoms with Gasteiger partial charge in [0.2, 0.25) is 0 Å². The topological polar surface area (TPSA) is 0 Å². The molecule has 1 rings (SSSR count). The van der Waals surface area contributed by atoms with Crippen LogP contribution >= 0.6 is 0 Å². The lowest BCUT2D eigenvalue weighted by Gasteiger charge is -2.22. The van der Waals surface area contributed by atoms with Crippen molar-refractivity contribution in [1.29, 1.82) is 0 Å². The van der Waals surface area contributed by atoms with Crippen LogP contribution in [0.25, 0.3) is 0 Å². The molecular formula is C10H17. The molecule has 1 unspecified atom stereocenters. The number of rotatable bonds is 2. The van der Waals surface area contributed by atoms with Crippen LogP contribution < -0.4 is 0 Å². The molecule has 0 aliphatic heterocycles. The Morgan fingerprint density at radius 2 is 2.30 bits per heavy atom. The van der Waals surface area contributed by atoms with Gasteiger partial charge in [-0.2, -0.15) is 0 Å². The van der Waals surface area contributed by atoms with Crippen molar-refractivity contribution in [2.75, 3.05) is 0 Å². The third kappa shape index (κ3) is 1.86. The lowest BCUT2D eigenvalue weighted by Crippen LogP contribution is -2.09. The van der Waals surface area contributed by atoms with Gasteiger partial charge < -0.3 is 0 Å². The summed E-state index contributed by atoms with van der Waals surface area (Å²) in [5.41, 5.74) is 0. The fraction of sp³-hybridized carbons (Fsp3) is 0.700. The molecule has 0 fully saturated rings. The van der Waals surface area contributed by atoms with E-state index in [9.17, 15) is 0 Å². The Kier molecular flexibility index (Phi) is 2.98. The van der Waals surface area contributed by atoms with E-state index in [1.165, 1.54) is 25.7 Å². The molecule has 57 valence electrons. The van der Waals surface area contributed by atoms with E-state index in [0.29, 0.717) is 0 Å². The molecule has 0 bridgehead atoms. The summed E-state index contributed by atoms with van der Waals surface area (Å²) in [6.45, 7) is 4.55. The van der Waals surface area contributed by atoms with Crippen LogP contribution in [-0.2, 0) is 0 Å². The van der Waals surface area contributed by atoms with Crippen molar-refractivity contribution in [2.45, 2.75) is 39.5 Å². The number of hydrogen-bond donors (Lipinski definition) is 0. The average Bonchev–Trinajstić information content (AvgIpc) is 2.05. The summed E-state index contributed by atoms with van der Waals surface area (Å²) >= 11 is 0. The van der Waals surface area contributed by atoms with E-state index in [2.05, 4.69) is 26.0 Å². The molecule has 10 heavy (non-hydrogen) atoms. The molecule has 0 aromatic rings. The SMILES string of the molecule is CC[C](C)C1CC=CCC1. The highest BCUT2D eigenvalue weighted by molar-refractivity contribution is 5.00. The fourth-order valence-electron chi connectivity index (χ4n) is 1.53. The van der Waals surface area contributed by atoms with Gasteiger partial charge >= 0.3 is 0 Å². The minimum Gasteiger partial charge on any atom is -0.0885 e. The molecule has 0 nitrogen and oxygen atoms in total. The molecule has 0 saturated heterocycles. The highest BCUT2D eigenvalue weighted by atomic mass is 14.2. The summed E-state index contributed by atoms with van der Waals surface area (Å²) in [5.74, 6) is 2.58. The van der Waals surface area contributed by atoms with Crippen LogP contribution in [0.5, 0.6) is 0 Å². The minimum absolute atomic E-state index is 0.898. The van der Waals surface area contributed by atoms with E-state index in [4.69, 9.17) is 0 Å². The third-order valence-corrected chi connectivity index (χ3v) is 2.52. The van der Waals surface area contributed by atoms with E-state index in [0.717, 1.165) is 5.92 Å². The molecule has 1 aliphatic carbocycles. The minimum atomic E-state index is 0.898. The van der Waals surface area contributed by atoms with Crippen LogP contribution in [0.4, 0.5) is 0 Å². The van der Waals surface area contributed by atoms with E-state index < -0.39 is 0 Å². The van der Waals surface area contributed by atoms with Crippen molar-refractivity contribution in [3.05, 3.63) is 18.1 Å². The summed E-state index contributed by atoms with van der Waals surface area (Å²) in [6, 6.07) is 0. The zero-order valence-electron chi connectivity index (χ0n) is 7.06. The second kappa shape index (κ2) is 3.80. The molecule has 1 aliphatic rings. The van der Waals surface area contributed by atoms with Crippen molar-refractivity contribution in [1.82, 2.24) is 0 Å². The van der Waals surface area contributed by atoms with Crippen molar-refractivity contribution < 1.29 is 0 Å². The highest BCUT2D eigenvalue weighted by Crippen LogP contribution is 2.28. The first-order chi connectivity index (χ1) is 4.84. The first kappa shape index (κ1) is 7.84. The Bertz CT molecular complexity index is 113. The lowest BCUT2D eigenvalue weighted by molar-refractivity contribution is 0.478. The maximum Gasteiger partial charge on any atom is -0.0241 e. The molecule has 0 aromatic carbocycles. The molecule has 0 saturated carbocycles. The Morgan fingerprint density at radius 1 is 1.50 bits per heavy atom. The van der Waals surface area contributed by atoms with Gasteiger partial charge in [0.1, 0.15) is 0 Å². The number of hydrogen-bond acceptors (Lipinski definition) is 0. The molecule has 0 amide bonds. The van der Waals surface area contributed by atoms with Crippen molar-refractivity contribution in [3.63, 3.8) is 0 Å². The monoisotopic (exact) mass is 137 g/mol. The standard InChI is InChI=1S/C10H17/c1-3-9(2)10-7-5-4-6-8-10/h4-5,10H,3,6-8H2,1-2H3. The average molecular weight is 137 g/mol. The van der Waals surface area contributed by atoms with Gasteiger partial charge in [0.05, 0.1) is 0 Å². The summed E-state index contributed by atoms with van der Waals surface area (Å²) in [5, 5.41) is 0. The maximum atomic E-state index is 2.33. The summed E-state index contributed by atoms with van der Waals surface area (Å²) in [7, 11) is 0. The van der Waals surface area contributed by atoms with E-state index >= 15 is 0 Å². The van der Waals surface area contributed by atoms with Gasteiger partial charge in [-0.15, -0.1) is 0 Å². The predicted octanol–water partition coefficient (Wildman–Crippen LogP) is 3.35. The molecule has 0 aromatic heterocycles. The van der Waals surface area contributed by atoms with Crippen LogP contribution in [0, 0.1) is 11.8 Å². The van der Waals surface area contributed by atoms with Crippen LogP contribution in [0.1, 0.15) is 39.5 Å². The third-order valence-electron chi connectivity index (χ3n) is 2.52. The van der Waals surface area contributed by atoms with Gasteiger partial charge in [-0.25, -0.2) is 0 Å². The first-order valence-electron chi connectivity index (χ1n) is 4.32. The summed E-state index contributed by atoms with van der Waals surface area (Å²) in [6.07, 6.45) is 9.86. The van der Waals surface area contributed by atoms with Gasteiger partial charge in [-0.1, -0.05) is 26.0 Å². The maximum absolute atomic E-state index is 2.33. The van der Waals surface area contributed by atoms with Gasteiger partial charge in [-0.3, -0.25) is 0 Å². The Labute approximate surface area is 64.3 Å². The van der Waals surface area contributed by atoms with Crippen LogP contribution in [0.15, 0.2) is 12.2 Å². The normalized spacial score (nSPS) is 25.7. The fourth-order valence-corrected chi connectivity index (χ4v) is 1.53. The highest BCUT2D eigenvalue weighted by Gasteiger charge is 2.15. The van der Waals surface area contributed by atoms with Crippen LogP contribution in [0.3, 0.4) is 0 Å². The second-order valence-corrected chi connectivity index (χ2v) is 3.18. The van der Waals surface area contributed by atoms with E-state index in [1.54, 1.807) is 5.92 Å². The quantitative estimate of drug-likeness (QED) is 0.512. The summed E-state index contributed by atoms with van der Waals surface area (Å²) in [4.78, 5) is 0. The lowest BCUT2D eigenvalue weighted by atomic mass is 9.83. The second-order valence-electron chi connectivity index (χ2n) is 3.18. The zero-order chi connectivity index (χ0) is 7.40. The predicted molar refractivity (Wildman–Crippen MR) is 45.7 cm³/mol. The Balaban J connectivity index is 2.33. The van der Waals surface area contributed by atoms with Crippen LogP contribution in [-0.4, -0.2) is 0 Å². The molecule has 1 radical (unpaired) electrons. The molecule has 0 heteroatoms. The molecule has 0 N–H and O–H groups in total. The van der Waals surface area contributed by atoms with Crippen molar-refractivity contribution in [3.8, 4) is 0 Å². The van der Waals surface area contributed by atoms with E-state index in [-0.39, 0.29) is 0 Å².